The summed E-state index contributed by atoms with van der Waals surface area (Å²) in [6, 6.07) is 3.47. The molecule has 0 saturated carbocycles. The van der Waals surface area contributed by atoms with Crippen LogP contribution in [0, 0.1) is 19.7 Å². The van der Waals surface area contributed by atoms with Gasteiger partial charge in [-0.05, 0) is 31.0 Å². The van der Waals surface area contributed by atoms with Gasteiger partial charge in [0.2, 0.25) is 0 Å². The Hall–Kier alpha value is -0.870. The number of hydrogen-bond donors (Lipinski definition) is 1. The minimum absolute atomic E-state index is 0.0926. The zero-order chi connectivity index (χ0) is 13.1. The van der Waals surface area contributed by atoms with Crippen molar-refractivity contribution in [1.82, 2.24) is 5.32 Å². The molecular weight excluding hydrogens is 249 g/mol. The maximum Gasteiger partial charge on any atom is 0.167 e. The van der Waals surface area contributed by atoms with Crippen molar-refractivity contribution in [2.45, 2.75) is 26.3 Å². The summed E-state index contributed by atoms with van der Waals surface area (Å²) in [5.74, 6) is 1.53. The van der Waals surface area contributed by atoms with E-state index in [1.165, 1.54) is 6.07 Å². The molecule has 1 N–H and O–H groups in total. The number of aryl methyl sites for hydroxylation is 2. The lowest BCUT2D eigenvalue weighted by atomic mass is 9.97. The highest BCUT2D eigenvalue weighted by atomic mass is 32.2. The van der Waals surface area contributed by atoms with Crippen LogP contribution in [0.5, 0.6) is 0 Å². The van der Waals surface area contributed by atoms with Crippen molar-refractivity contribution in [1.29, 1.82) is 0 Å². The van der Waals surface area contributed by atoms with E-state index >= 15 is 0 Å². The van der Waals surface area contributed by atoms with E-state index in [4.69, 9.17) is 0 Å². The third-order valence-electron chi connectivity index (χ3n) is 3.14. The minimum Gasteiger partial charge on any atom is -0.312 e. The number of nitrogens with one attached hydrogen (secondary N) is 1. The van der Waals surface area contributed by atoms with Crippen LogP contribution in [0.2, 0.25) is 0 Å². The van der Waals surface area contributed by atoms with Gasteiger partial charge in [-0.15, -0.1) is 0 Å². The summed E-state index contributed by atoms with van der Waals surface area (Å²) in [7, 11) is 0. The van der Waals surface area contributed by atoms with Crippen molar-refractivity contribution in [2.24, 2.45) is 0 Å². The fourth-order valence-electron chi connectivity index (χ4n) is 2.35. The van der Waals surface area contributed by atoms with E-state index in [2.05, 4.69) is 5.32 Å². The molecule has 1 aliphatic heterocycles. The number of carbonyl (C=O) groups excluding carboxylic acids is 1. The lowest BCUT2D eigenvalue weighted by Crippen LogP contribution is -2.39. The summed E-state index contributed by atoms with van der Waals surface area (Å²) < 4.78 is 13.9. The van der Waals surface area contributed by atoms with E-state index in [9.17, 15) is 9.18 Å². The molecule has 18 heavy (non-hydrogen) atoms. The number of Topliss-reactive ketones (excluding diaryl/α,β-unsaturated/α-hetero) is 1. The summed E-state index contributed by atoms with van der Waals surface area (Å²) in [6.45, 7) is 4.56. The van der Waals surface area contributed by atoms with Crippen molar-refractivity contribution in [3.8, 4) is 0 Å². The highest BCUT2D eigenvalue weighted by Gasteiger charge is 2.21. The molecule has 0 bridgehead atoms. The maximum atomic E-state index is 13.9. The highest BCUT2D eigenvalue weighted by Crippen LogP contribution is 2.20. The zero-order valence-electron chi connectivity index (χ0n) is 10.8. The molecule has 1 aromatic carbocycles. The van der Waals surface area contributed by atoms with E-state index in [0.29, 0.717) is 6.42 Å². The molecule has 0 aliphatic carbocycles. The average Bonchev–Trinajstić information content (AvgIpc) is 2.28. The Labute approximate surface area is 111 Å². The number of rotatable bonds is 3. The molecule has 1 fully saturated rings. The van der Waals surface area contributed by atoms with Crippen LogP contribution >= 0.6 is 11.8 Å². The second-order valence-corrected chi connectivity index (χ2v) is 5.94. The van der Waals surface area contributed by atoms with Gasteiger partial charge >= 0.3 is 0 Å². The van der Waals surface area contributed by atoms with Crippen LogP contribution in [0.3, 0.4) is 0 Å². The molecule has 4 heteroatoms. The molecule has 0 radical (unpaired) electrons. The Bertz CT molecular complexity index is 432. The van der Waals surface area contributed by atoms with Gasteiger partial charge < -0.3 is 5.32 Å². The largest absolute Gasteiger partial charge is 0.312 e. The predicted octanol–water partition coefficient (Wildman–Crippen LogP) is 2.72. The van der Waals surface area contributed by atoms with Gasteiger partial charge in [-0.1, -0.05) is 6.07 Å². The molecule has 0 aromatic heterocycles. The van der Waals surface area contributed by atoms with E-state index in [0.717, 1.165) is 29.2 Å². The number of carbonyl (C=O) groups is 1. The first kappa shape index (κ1) is 13.6. The van der Waals surface area contributed by atoms with Gasteiger partial charge in [0, 0.05) is 30.5 Å². The number of hydrogen-bond acceptors (Lipinski definition) is 3. The van der Waals surface area contributed by atoms with Crippen LogP contribution in [0.15, 0.2) is 12.1 Å². The Morgan fingerprint density at radius 2 is 2.28 bits per heavy atom. The molecular formula is C14H18FNOS. The summed E-state index contributed by atoms with van der Waals surface area (Å²) in [5, 5.41) is 3.31. The molecule has 2 rings (SSSR count). The highest BCUT2D eigenvalue weighted by molar-refractivity contribution is 7.99. The van der Waals surface area contributed by atoms with Gasteiger partial charge in [0.05, 0.1) is 5.56 Å². The summed E-state index contributed by atoms with van der Waals surface area (Å²) in [4.78, 5) is 12.2. The van der Waals surface area contributed by atoms with Crippen molar-refractivity contribution in [3.63, 3.8) is 0 Å². The molecule has 1 atom stereocenters. The first-order chi connectivity index (χ1) is 8.58. The topological polar surface area (TPSA) is 29.1 Å². The smallest absolute Gasteiger partial charge is 0.167 e. The molecule has 1 aliphatic rings. The molecule has 98 valence electrons. The van der Waals surface area contributed by atoms with Gasteiger partial charge in [-0.2, -0.15) is 11.8 Å². The second kappa shape index (κ2) is 5.85. The fraction of sp³-hybridized carbons (Fsp3) is 0.500. The van der Waals surface area contributed by atoms with Crippen LogP contribution in [-0.4, -0.2) is 29.9 Å². The number of ketones is 1. The van der Waals surface area contributed by atoms with Crippen molar-refractivity contribution >= 4 is 17.5 Å². The summed E-state index contributed by atoms with van der Waals surface area (Å²) in [5.41, 5.74) is 1.85. The van der Waals surface area contributed by atoms with E-state index in [-0.39, 0.29) is 23.2 Å². The Morgan fingerprint density at radius 1 is 1.50 bits per heavy atom. The monoisotopic (exact) mass is 267 g/mol. The number of halogens is 1. The average molecular weight is 267 g/mol. The first-order valence-corrected chi connectivity index (χ1v) is 7.34. The van der Waals surface area contributed by atoms with Gasteiger partial charge in [-0.25, -0.2) is 4.39 Å². The number of benzene rings is 1. The van der Waals surface area contributed by atoms with Crippen LogP contribution in [0.25, 0.3) is 0 Å². The number of thioether (sulfide) groups is 1. The molecule has 1 aromatic rings. The molecule has 0 spiro atoms. The summed E-state index contributed by atoms with van der Waals surface area (Å²) in [6.07, 6.45) is 0.383. The Balaban J connectivity index is 2.13. The lowest BCUT2D eigenvalue weighted by Gasteiger charge is -2.22. The summed E-state index contributed by atoms with van der Waals surface area (Å²) >= 11 is 1.84. The van der Waals surface area contributed by atoms with E-state index in [1.807, 2.05) is 24.8 Å². The van der Waals surface area contributed by atoms with Crippen LogP contribution in [0.4, 0.5) is 4.39 Å². The van der Waals surface area contributed by atoms with Gasteiger partial charge in [0.25, 0.3) is 0 Å². The Morgan fingerprint density at radius 3 is 2.89 bits per heavy atom. The lowest BCUT2D eigenvalue weighted by molar-refractivity contribution is 0.0967. The van der Waals surface area contributed by atoms with Gasteiger partial charge in [-0.3, -0.25) is 4.79 Å². The molecule has 0 amide bonds. The van der Waals surface area contributed by atoms with Gasteiger partial charge in [0.1, 0.15) is 5.82 Å². The van der Waals surface area contributed by atoms with Gasteiger partial charge in [0.15, 0.2) is 5.78 Å². The van der Waals surface area contributed by atoms with Crippen LogP contribution in [0.1, 0.15) is 27.9 Å². The molecule has 2 nitrogen and oxygen atoms in total. The third kappa shape index (κ3) is 3.12. The minimum atomic E-state index is -0.388. The maximum absolute atomic E-state index is 13.9. The standard InChI is InChI=1S/C14H18FNOS/c1-9-5-10(2)14(12(15)6-9)13(17)7-11-8-18-4-3-16-11/h5-6,11,16H,3-4,7-8H2,1-2H3. The molecule has 1 heterocycles. The fourth-order valence-corrected chi connectivity index (χ4v) is 3.29. The van der Waals surface area contributed by atoms with Crippen LogP contribution < -0.4 is 5.32 Å². The van der Waals surface area contributed by atoms with Crippen LogP contribution in [-0.2, 0) is 0 Å². The quantitative estimate of drug-likeness (QED) is 0.854. The second-order valence-electron chi connectivity index (χ2n) is 4.79. The van der Waals surface area contributed by atoms with Crippen molar-refractivity contribution in [3.05, 3.63) is 34.6 Å². The third-order valence-corrected chi connectivity index (χ3v) is 4.27. The van der Waals surface area contributed by atoms with Crippen molar-refractivity contribution < 1.29 is 9.18 Å². The molecule has 1 unspecified atom stereocenters. The normalized spacial score (nSPS) is 19.8. The predicted molar refractivity (Wildman–Crippen MR) is 73.9 cm³/mol. The molecule has 1 saturated heterocycles. The first-order valence-electron chi connectivity index (χ1n) is 6.19. The SMILES string of the molecule is Cc1cc(C)c(C(=O)CC2CSCCN2)c(F)c1. The van der Waals surface area contributed by atoms with E-state index < -0.39 is 0 Å². The Kier molecular flexibility index (Phi) is 4.40. The van der Waals surface area contributed by atoms with E-state index in [1.54, 1.807) is 6.92 Å². The zero-order valence-corrected chi connectivity index (χ0v) is 11.6. The van der Waals surface area contributed by atoms with Crippen molar-refractivity contribution in [2.75, 3.05) is 18.1 Å².